The van der Waals surface area contributed by atoms with E-state index in [4.69, 9.17) is 14.1 Å². The van der Waals surface area contributed by atoms with Crippen LogP contribution in [0.2, 0.25) is 0 Å². The minimum Gasteiger partial charge on any atom is -0.444 e. The number of imidazole rings is 1. The Morgan fingerprint density at radius 3 is 2.68 bits per heavy atom. The number of aromatic nitrogens is 3. The normalized spacial score (nSPS) is 15.8. The van der Waals surface area contributed by atoms with Crippen molar-refractivity contribution >= 4 is 33.5 Å². The number of nitrogens with zero attached hydrogens (tertiary/aromatic N) is 4. The summed E-state index contributed by atoms with van der Waals surface area (Å²) >= 11 is 1.67. The lowest BCUT2D eigenvalue weighted by molar-refractivity contribution is 0.0204. The molecule has 5 rings (SSSR count). The van der Waals surface area contributed by atoms with E-state index in [1.807, 2.05) is 39.8 Å². The fraction of sp³-hybridized carbons (Fsp3) is 0.435. The molecule has 1 aliphatic rings. The number of piperidine rings is 1. The summed E-state index contributed by atoms with van der Waals surface area (Å²) in [6.07, 6.45) is 5.83. The first-order chi connectivity index (χ1) is 14.7. The SMILES string of the molecule is Cc1nc2ccc(-c3cn4cc(C5CCN(C(=O)OC(C)(C)C)CC5)nc4s3)cc2o1. The highest BCUT2D eigenvalue weighted by Crippen LogP contribution is 2.34. The van der Waals surface area contributed by atoms with Crippen molar-refractivity contribution in [3.05, 3.63) is 42.2 Å². The number of aryl methyl sites for hydroxylation is 1. The van der Waals surface area contributed by atoms with Crippen molar-refractivity contribution in [2.24, 2.45) is 0 Å². The van der Waals surface area contributed by atoms with E-state index in [9.17, 15) is 4.79 Å². The van der Waals surface area contributed by atoms with E-state index >= 15 is 0 Å². The van der Waals surface area contributed by atoms with Gasteiger partial charge in [0.05, 0.1) is 10.6 Å². The molecule has 0 aliphatic carbocycles. The van der Waals surface area contributed by atoms with Crippen molar-refractivity contribution in [3.8, 4) is 10.4 Å². The van der Waals surface area contributed by atoms with Crippen LogP contribution in [-0.2, 0) is 4.74 Å². The topological polar surface area (TPSA) is 72.9 Å². The van der Waals surface area contributed by atoms with Crippen molar-refractivity contribution in [2.75, 3.05) is 13.1 Å². The predicted molar refractivity (Wildman–Crippen MR) is 121 cm³/mol. The highest BCUT2D eigenvalue weighted by Gasteiger charge is 2.28. The fourth-order valence-electron chi connectivity index (χ4n) is 4.02. The molecule has 1 aromatic carbocycles. The first kappa shape index (κ1) is 20.1. The number of ether oxygens (including phenoxy) is 1. The van der Waals surface area contributed by atoms with Crippen LogP contribution < -0.4 is 0 Å². The van der Waals surface area contributed by atoms with Crippen LogP contribution in [0.1, 0.15) is 51.1 Å². The lowest BCUT2D eigenvalue weighted by Crippen LogP contribution is -2.41. The molecule has 0 radical (unpaired) electrons. The molecule has 7 nitrogen and oxygen atoms in total. The van der Waals surface area contributed by atoms with Crippen molar-refractivity contribution in [3.63, 3.8) is 0 Å². The van der Waals surface area contributed by atoms with Gasteiger partial charge in [-0.25, -0.2) is 14.8 Å². The maximum absolute atomic E-state index is 12.3. The van der Waals surface area contributed by atoms with Gasteiger partial charge in [-0.15, -0.1) is 0 Å². The summed E-state index contributed by atoms with van der Waals surface area (Å²) in [4.78, 5) is 25.5. The van der Waals surface area contributed by atoms with Gasteiger partial charge in [-0.2, -0.15) is 0 Å². The molecular formula is C23H26N4O3S. The monoisotopic (exact) mass is 438 g/mol. The van der Waals surface area contributed by atoms with Gasteiger partial charge in [0, 0.05) is 38.3 Å². The van der Waals surface area contributed by atoms with Crippen LogP contribution >= 0.6 is 11.3 Å². The molecule has 8 heteroatoms. The molecule has 0 spiro atoms. The summed E-state index contributed by atoms with van der Waals surface area (Å²) < 4.78 is 13.3. The summed E-state index contributed by atoms with van der Waals surface area (Å²) in [6.45, 7) is 8.95. The van der Waals surface area contributed by atoms with E-state index in [2.05, 4.69) is 27.8 Å². The van der Waals surface area contributed by atoms with E-state index in [1.165, 1.54) is 0 Å². The summed E-state index contributed by atoms with van der Waals surface area (Å²) in [7, 11) is 0. The summed E-state index contributed by atoms with van der Waals surface area (Å²) in [5.41, 5.74) is 3.42. The number of benzene rings is 1. The van der Waals surface area contributed by atoms with Gasteiger partial charge < -0.3 is 14.1 Å². The number of likely N-dealkylation sites (tertiary alicyclic amines) is 1. The molecule has 1 aliphatic heterocycles. The maximum Gasteiger partial charge on any atom is 0.410 e. The lowest BCUT2D eigenvalue weighted by atomic mass is 9.94. The van der Waals surface area contributed by atoms with Gasteiger partial charge in [0.15, 0.2) is 16.4 Å². The summed E-state index contributed by atoms with van der Waals surface area (Å²) in [5.74, 6) is 1.04. The number of oxazole rings is 1. The Morgan fingerprint density at radius 1 is 1.19 bits per heavy atom. The standard InChI is InChI=1S/C23H26N4O3S/c1-14-24-17-6-5-16(11-19(17)29-14)20-13-27-12-18(25-21(27)31-20)15-7-9-26(10-8-15)22(28)30-23(2,3)4/h5-6,11-13,15H,7-10H2,1-4H3. The van der Waals surface area contributed by atoms with E-state index in [-0.39, 0.29) is 6.09 Å². The third-order valence-corrected chi connectivity index (χ3v) is 6.57. The van der Waals surface area contributed by atoms with Gasteiger partial charge in [0.1, 0.15) is 11.1 Å². The molecule has 0 unspecified atom stereocenters. The second-order valence-corrected chi connectivity index (χ2v) is 10.1. The molecule has 1 amide bonds. The van der Waals surface area contributed by atoms with Gasteiger partial charge in [-0.3, -0.25) is 4.40 Å². The molecule has 1 fully saturated rings. The molecule has 0 saturated carbocycles. The number of rotatable bonds is 2. The Hall–Kier alpha value is -2.87. The summed E-state index contributed by atoms with van der Waals surface area (Å²) in [5, 5.41) is 0. The molecule has 31 heavy (non-hydrogen) atoms. The Labute approximate surface area is 184 Å². The van der Waals surface area contributed by atoms with E-state index < -0.39 is 5.60 Å². The third-order valence-electron chi connectivity index (χ3n) is 5.52. The molecule has 4 aromatic rings. The highest BCUT2D eigenvalue weighted by atomic mass is 32.1. The van der Waals surface area contributed by atoms with Gasteiger partial charge in [0.25, 0.3) is 0 Å². The van der Waals surface area contributed by atoms with E-state index in [1.54, 1.807) is 16.2 Å². The number of hydrogen-bond donors (Lipinski definition) is 0. The molecule has 0 N–H and O–H groups in total. The van der Waals surface area contributed by atoms with Crippen molar-refractivity contribution in [1.82, 2.24) is 19.3 Å². The van der Waals surface area contributed by atoms with Crippen LogP contribution in [0.5, 0.6) is 0 Å². The largest absolute Gasteiger partial charge is 0.444 e. The first-order valence-corrected chi connectivity index (χ1v) is 11.4. The Balaban J connectivity index is 1.29. The van der Waals surface area contributed by atoms with E-state index in [0.717, 1.165) is 45.0 Å². The minimum atomic E-state index is -0.462. The number of fused-ring (bicyclic) bond motifs is 2. The smallest absolute Gasteiger partial charge is 0.410 e. The Bertz CT molecular complexity index is 1220. The third kappa shape index (κ3) is 4.04. The molecule has 3 aromatic heterocycles. The first-order valence-electron chi connectivity index (χ1n) is 10.6. The number of amides is 1. The zero-order valence-electron chi connectivity index (χ0n) is 18.2. The van der Waals surface area contributed by atoms with Crippen LogP contribution in [0.3, 0.4) is 0 Å². The molecule has 1 saturated heterocycles. The maximum atomic E-state index is 12.3. The fourth-order valence-corrected chi connectivity index (χ4v) is 4.99. The van der Waals surface area contributed by atoms with Crippen LogP contribution in [0.4, 0.5) is 4.79 Å². The number of thiazole rings is 1. The average Bonchev–Trinajstić information content (AvgIpc) is 3.37. The molecule has 162 valence electrons. The number of carbonyl (C=O) groups is 1. The Kier molecular flexibility index (Phi) is 4.77. The molecular weight excluding hydrogens is 412 g/mol. The molecule has 0 atom stereocenters. The zero-order chi connectivity index (χ0) is 21.8. The Morgan fingerprint density at radius 2 is 1.97 bits per heavy atom. The van der Waals surface area contributed by atoms with Crippen molar-refractivity contribution < 1.29 is 13.9 Å². The van der Waals surface area contributed by atoms with Gasteiger partial charge in [-0.1, -0.05) is 17.4 Å². The van der Waals surface area contributed by atoms with Gasteiger partial charge >= 0.3 is 6.09 Å². The van der Waals surface area contributed by atoms with Crippen molar-refractivity contribution in [2.45, 2.75) is 52.1 Å². The van der Waals surface area contributed by atoms with Crippen LogP contribution in [0.15, 0.2) is 35.0 Å². The quantitative estimate of drug-likeness (QED) is 0.406. The number of hydrogen-bond acceptors (Lipinski definition) is 6. The van der Waals surface area contributed by atoms with Gasteiger partial charge in [-0.05, 0) is 51.3 Å². The summed E-state index contributed by atoms with van der Waals surface area (Å²) in [6, 6.07) is 6.10. The predicted octanol–water partition coefficient (Wildman–Crippen LogP) is 5.63. The zero-order valence-corrected chi connectivity index (χ0v) is 19.0. The van der Waals surface area contributed by atoms with Crippen molar-refractivity contribution in [1.29, 1.82) is 0 Å². The van der Waals surface area contributed by atoms with Gasteiger partial charge in [0.2, 0.25) is 0 Å². The second kappa shape index (κ2) is 7.37. The van der Waals surface area contributed by atoms with Crippen LogP contribution in [0, 0.1) is 6.92 Å². The lowest BCUT2D eigenvalue weighted by Gasteiger charge is -2.32. The van der Waals surface area contributed by atoms with Crippen LogP contribution in [0.25, 0.3) is 26.5 Å². The molecule has 0 bridgehead atoms. The van der Waals surface area contributed by atoms with Crippen LogP contribution in [-0.4, -0.2) is 44.1 Å². The average molecular weight is 439 g/mol. The number of carbonyl (C=O) groups excluding carboxylic acids is 1. The highest BCUT2D eigenvalue weighted by molar-refractivity contribution is 7.20. The van der Waals surface area contributed by atoms with E-state index in [0.29, 0.717) is 24.9 Å². The second-order valence-electron chi connectivity index (χ2n) is 9.11. The minimum absolute atomic E-state index is 0.222. The molecule has 4 heterocycles.